The van der Waals surface area contributed by atoms with Crippen molar-refractivity contribution in [2.75, 3.05) is 11.1 Å². The van der Waals surface area contributed by atoms with Crippen molar-refractivity contribution < 1.29 is 4.79 Å². The Morgan fingerprint density at radius 1 is 1.56 bits per heavy atom. The minimum atomic E-state index is -0.435. The second-order valence-electron chi connectivity index (χ2n) is 2.99. The van der Waals surface area contributed by atoms with Gasteiger partial charge in [-0.1, -0.05) is 11.6 Å². The Morgan fingerprint density at radius 2 is 2.38 bits per heavy atom. The van der Waals surface area contributed by atoms with Crippen LogP contribution in [0.5, 0.6) is 0 Å². The average Bonchev–Trinajstić information content (AvgIpc) is 2.68. The van der Waals surface area contributed by atoms with Crippen molar-refractivity contribution >= 4 is 29.0 Å². The fraction of sp³-hybridized carbons (Fsp3) is 0. The van der Waals surface area contributed by atoms with E-state index < -0.39 is 5.91 Å². The summed E-state index contributed by atoms with van der Waals surface area (Å²) in [5.74, 6) is -0.154. The molecule has 0 aromatic carbocycles. The molecule has 2 heterocycles. The van der Waals surface area contributed by atoms with E-state index in [0.29, 0.717) is 5.02 Å². The number of nitrogens with two attached hydrogens (primary N) is 1. The van der Waals surface area contributed by atoms with Crippen molar-refractivity contribution in [1.29, 1.82) is 0 Å². The molecule has 7 heteroatoms. The monoisotopic (exact) mass is 237 g/mol. The number of nitrogens with zero attached hydrogens (tertiary/aromatic N) is 2. The number of carbonyl (C=O) groups is 1. The van der Waals surface area contributed by atoms with E-state index in [4.69, 9.17) is 17.3 Å². The molecule has 6 nitrogen and oxygen atoms in total. The number of carbonyl (C=O) groups excluding carboxylic acids is 1. The molecule has 2 rings (SSSR count). The van der Waals surface area contributed by atoms with Crippen molar-refractivity contribution in [3.8, 4) is 0 Å². The minimum Gasteiger partial charge on any atom is -0.396 e. The molecule has 0 unspecified atom stereocenters. The Morgan fingerprint density at radius 3 is 3.00 bits per heavy atom. The molecular formula is C9H8ClN5O. The number of amides is 1. The number of H-pyrrole nitrogens is 1. The molecule has 0 saturated carbocycles. The van der Waals surface area contributed by atoms with Crippen LogP contribution < -0.4 is 11.1 Å². The number of hydrogen-bond acceptors (Lipinski definition) is 4. The van der Waals surface area contributed by atoms with Crippen LogP contribution in [0.3, 0.4) is 0 Å². The quantitative estimate of drug-likeness (QED) is 0.733. The second-order valence-corrected chi connectivity index (χ2v) is 3.40. The van der Waals surface area contributed by atoms with E-state index in [1.807, 2.05) is 0 Å². The van der Waals surface area contributed by atoms with Crippen molar-refractivity contribution in [1.82, 2.24) is 15.2 Å². The summed E-state index contributed by atoms with van der Waals surface area (Å²) in [6.45, 7) is 0. The predicted molar refractivity (Wildman–Crippen MR) is 60.2 cm³/mol. The predicted octanol–water partition coefficient (Wildman–Crippen LogP) is 1.29. The van der Waals surface area contributed by atoms with E-state index in [-0.39, 0.29) is 17.2 Å². The largest absolute Gasteiger partial charge is 0.396 e. The van der Waals surface area contributed by atoms with Crippen LogP contribution in [0, 0.1) is 0 Å². The number of hydrogen-bond donors (Lipinski definition) is 3. The third kappa shape index (κ3) is 1.96. The van der Waals surface area contributed by atoms with Gasteiger partial charge in [0.25, 0.3) is 5.91 Å². The first-order chi connectivity index (χ1) is 7.68. The van der Waals surface area contributed by atoms with E-state index in [0.717, 1.165) is 0 Å². The maximum atomic E-state index is 11.7. The maximum Gasteiger partial charge on any atom is 0.277 e. The summed E-state index contributed by atoms with van der Waals surface area (Å²) in [5.41, 5.74) is 5.98. The van der Waals surface area contributed by atoms with Crippen molar-refractivity contribution in [3.63, 3.8) is 0 Å². The topological polar surface area (TPSA) is 96.7 Å². The molecule has 1 amide bonds. The van der Waals surface area contributed by atoms with Crippen LogP contribution in [-0.4, -0.2) is 21.1 Å². The number of anilines is 2. The van der Waals surface area contributed by atoms with Gasteiger partial charge in [-0.15, -0.1) is 0 Å². The van der Waals surface area contributed by atoms with Gasteiger partial charge in [0.05, 0.1) is 16.9 Å². The molecule has 0 spiro atoms. The summed E-state index contributed by atoms with van der Waals surface area (Å²) < 4.78 is 0. The summed E-state index contributed by atoms with van der Waals surface area (Å²) >= 11 is 5.84. The van der Waals surface area contributed by atoms with Crippen LogP contribution >= 0.6 is 11.6 Å². The Bertz CT molecular complexity index is 524. The molecule has 0 radical (unpaired) electrons. The van der Waals surface area contributed by atoms with Crippen molar-refractivity contribution in [3.05, 3.63) is 35.2 Å². The number of halogens is 1. The van der Waals surface area contributed by atoms with E-state index in [1.54, 1.807) is 12.1 Å². The summed E-state index contributed by atoms with van der Waals surface area (Å²) in [6, 6.07) is 3.29. The average molecular weight is 238 g/mol. The van der Waals surface area contributed by atoms with Crippen LogP contribution in [0.15, 0.2) is 24.5 Å². The van der Waals surface area contributed by atoms with E-state index in [2.05, 4.69) is 20.5 Å². The molecule has 82 valence electrons. The highest BCUT2D eigenvalue weighted by molar-refractivity contribution is 6.33. The number of pyridine rings is 1. The smallest absolute Gasteiger partial charge is 0.277 e. The number of nitrogens with one attached hydrogen (secondary N) is 2. The lowest BCUT2D eigenvalue weighted by molar-refractivity contribution is 0.102. The van der Waals surface area contributed by atoms with E-state index >= 15 is 0 Å². The molecule has 0 aliphatic rings. The maximum absolute atomic E-state index is 11.7. The lowest BCUT2D eigenvalue weighted by Crippen LogP contribution is -2.15. The molecule has 16 heavy (non-hydrogen) atoms. The van der Waals surface area contributed by atoms with Gasteiger partial charge in [-0.25, -0.2) is 4.98 Å². The molecular weight excluding hydrogens is 230 g/mol. The molecule has 0 atom stereocenters. The van der Waals surface area contributed by atoms with Gasteiger partial charge in [0.15, 0.2) is 5.82 Å². The Balaban J connectivity index is 2.21. The summed E-state index contributed by atoms with van der Waals surface area (Å²) in [5, 5.41) is 9.01. The highest BCUT2D eigenvalue weighted by Crippen LogP contribution is 2.18. The fourth-order valence-corrected chi connectivity index (χ4v) is 1.29. The van der Waals surface area contributed by atoms with Gasteiger partial charge in [0, 0.05) is 6.20 Å². The van der Waals surface area contributed by atoms with Crippen LogP contribution in [0.1, 0.15) is 10.5 Å². The molecule has 0 fully saturated rings. The zero-order valence-corrected chi connectivity index (χ0v) is 8.82. The van der Waals surface area contributed by atoms with E-state index in [1.165, 1.54) is 12.4 Å². The minimum absolute atomic E-state index is 0.182. The third-order valence-electron chi connectivity index (χ3n) is 1.89. The van der Waals surface area contributed by atoms with Crippen molar-refractivity contribution in [2.24, 2.45) is 0 Å². The Kier molecular flexibility index (Phi) is 2.74. The number of rotatable bonds is 2. The van der Waals surface area contributed by atoms with Crippen LogP contribution in [-0.2, 0) is 0 Å². The van der Waals surface area contributed by atoms with Crippen LogP contribution in [0.2, 0.25) is 5.02 Å². The molecule has 2 aromatic heterocycles. The van der Waals surface area contributed by atoms with Crippen LogP contribution in [0.4, 0.5) is 11.5 Å². The zero-order valence-electron chi connectivity index (χ0n) is 8.07. The van der Waals surface area contributed by atoms with Gasteiger partial charge in [-0.05, 0) is 12.1 Å². The standard InChI is InChI=1S/C9H8ClN5O/c10-5-2-1-3-12-8(5)14-9(16)7-6(11)4-13-15-7/h1-4H,11H2,(H,13,15)(H,12,14,16). The highest BCUT2D eigenvalue weighted by Gasteiger charge is 2.13. The van der Waals surface area contributed by atoms with Gasteiger partial charge in [-0.2, -0.15) is 5.10 Å². The summed E-state index contributed by atoms with van der Waals surface area (Å²) in [6.07, 6.45) is 2.88. The summed E-state index contributed by atoms with van der Waals surface area (Å²) in [4.78, 5) is 15.6. The molecule has 0 bridgehead atoms. The summed E-state index contributed by atoms with van der Waals surface area (Å²) in [7, 11) is 0. The SMILES string of the molecule is Nc1cn[nH]c1C(=O)Nc1ncccc1Cl. The van der Waals surface area contributed by atoms with Crippen LogP contribution in [0.25, 0.3) is 0 Å². The van der Waals surface area contributed by atoms with Gasteiger partial charge < -0.3 is 11.1 Å². The normalized spacial score (nSPS) is 10.1. The van der Waals surface area contributed by atoms with E-state index in [9.17, 15) is 4.79 Å². The fourth-order valence-electron chi connectivity index (χ4n) is 1.13. The first-order valence-corrected chi connectivity index (χ1v) is 4.77. The molecule has 0 aliphatic heterocycles. The lowest BCUT2D eigenvalue weighted by atomic mass is 10.3. The second kappa shape index (κ2) is 4.19. The zero-order chi connectivity index (χ0) is 11.5. The number of nitrogen functional groups attached to an aromatic ring is 1. The van der Waals surface area contributed by atoms with Crippen molar-refractivity contribution in [2.45, 2.75) is 0 Å². The van der Waals surface area contributed by atoms with Gasteiger partial charge >= 0.3 is 0 Å². The first kappa shape index (κ1) is 10.4. The molecule has 4 N–H and O–H groups in total. The lowest BCUT2D eigenvalue weighted by Gasteiger charge is -2.04. The Hall–Kier alpha value is -2.08. The highest BCUT2D eigenvalue weighted by atomic mass is 35.5. The van der Waals surface area contributed by atoms with Gasteiger partial charge in [0.2, 0.25) is 0 Å². The number of aromatic amines is 1. The molecule has 2 aromatic rings. The van der Waals surface area contributed by atoms with Gasteiger partial charge in [-0.3, -0.25) is 9.89 Å². The number of aromatic nitrogens is 3. The molecule has 0 aliphatic carbocycles. The van der Waals surface area contributed by atoms with Gasteiger partial charge in [0.1, 0.15) is 5.69 Å². The Labute approximate surface area is 95.8 Å². The third-order valence-corrected chi connectivity index (χ3v) is 2.19. The first-order valence-electron chi connectivity index (χ1n) is 4.39. The molecule has 0 saturated heterocycles.